The molecule has 0 aromatic heterocycles. The number of rotatable bonds is 25. The quantitative estimate of drug-likeness (QED) is 0.0253. The Kier molecular flexibility index (Phi) is 21.1. The van der Waals surface area contributed by atoms with Crippen LogP contribution in [0.2, 0.25) is 0 Å². The number of carbonyl (C=O) groups excluding carboxylic acids is 3. The number of benzene rings is 6. The first-order valence-electron chi connectivity index (χ1n) is 36.4. The van der Waals surface area contributed by atoms with Gasteiger partial charge in [0.05, 0.1) is 10.7 Å². The Bertz CT molecular complexity index is 3900. The summed E-state index contributed by atoms with van der Waals surface area (Å²) in [5.74, 6) is 10.5. The van der Waals surface area contributed by atoms with Crippen LogP contribution in [0, 0.1) is 92.4 Å². The zero-order valence-corrected chi connectivity index (χ0v) is 70.6. The second-order valence-corrected chi connectivity index (χ2v) is 40.2. The van der Waals surface area contributed by atoms with E-state index < -0.39 is 22.1 Å². The Morgan fingerprint density at radius 3 is 0.930 bits per heavy atom. The SMILES string of the molecule is CCC1(OC(=O)COc2c(I)cc(I)cc2COc2ccc([SH]3c4ccc(OCc5cc(I)cc(I)c5OCC(=O)OC5(CC)C6CC7CC(C6)CC5C7)cc4-c4cc(OCc5cc(I)cc(I)c5OCC(=O)OC5(CC)C6CC7CC(C6)CC5C7)ccc43)cc2)C2CC3CC(C2)CC1C3. The second-order valence-electron chi connectivity index (χ2n) is 30.8. The van der Waals surface area contributed by atoms with E-state index in [2.05, 4.69) is 253 Å². The Morgan fingerprint density at radius 2 is 0.640 bits per heavy atom. The van der Waals surface area contributed by atoms with Gasteiger partial charge in [-0.15, -0.1) is 0 Å². The molecule has 0 radical (unpaired) electrons. The van der Waals surface area contributed by atoms with Crippen LogP contribution in [-0.4, -0.2) is 54.5 Å². The molecule has 0 saturated heterocycles. The van der Waals surface area contributed by atoms with E-state index >= 15 is 0 Å². The first-order chi connectivity index (χ1) is 48.3. The van der Waals surface area contributed by atoms with Crippen LogP contribution in [0.3, 0.4) is 0 Å². The minimum absolute atomic E-state index is 0.149. The molecule has 12 bridgehead atoms. The van der Waals surface area contributed by atoms with Gasteiger partial charge >= 0.3 is 17.9 Å². The number of ether oxygens (including phenoxy) is 9. The van der Waals surface area contributed by atoms with E-state index in [9.17, 15) is 14.4 Å². The average molecular weight is 2050 g/mol. The van der Waals surface area contributed by atoms with E-state index in [-0.39, 0.29) is 63.2 Å². The van der Waals surface area contributed by atoms with Crippen molar-refractivity contribution < 1.29 is 57.0 Å². The van der Waals surface area contributed by atoms with E-state index in [1.165, 1.54) is 106 Å². The lowest BCUT2D eigenvalue weighted by atomic mass is 9.49. The van der Waals surface area contributed by atoms with Crippen LogP contribution in [0.25, 0.3) is 11.1 Å². The van der Waals surface area contributed by atoms with Gasteiger partial charge in [0.25, 0.3) is 0 Å². The Hall–Kier alpha value is -2.74. The molecule has 12 saturated carbocycles. The van der Waals surface area contributed by atoms with E-state index in [0.717, 1.165) is 109 Å². The van der Waals surface area contributed by atoms with E-state index in [1.807, 2.05) is 0 Å². The molecule has 12 fully saturated rings. The standard InChI is InChI=1S/C81H86I6O12S/c1-4-79(53-18-44-15-45(20-53)21-54(79)19-44)97-73(88)41-94-76-50(30-59(82)33-68(76)85)38-91-62-7-11-65(12-8-62)100-71-13-9-63(92-39-51-31-60(83)34-69(86)77(51)95-42-74(89)98-80(5-2)55-22-46-16-47(24-55)25-56(80)23-46)36-66(71)67-37-64(10-14-72(67)100)93-40-52-32-61(84)35-70(87)78(52)96-43-75(90)99-81(6-3)57-26-48-17-49(28-57)29-58(81)27-48/h7-14,30-37,44-49,53-58,100H,4-6,15-29,38-43H2,1-3H3. The van der Waals surface area contributed by atoms with Crippen molar-refractivity contribution in [1.29, 1.82) is 0 Å². The summed E-state index contributed by atoms with van der Waals surface area (Å²) in [4.78, 5) is 45.2. The molecule has 1 heterocycles. The van der Waals surface area contributed by atoms with Gasteiger partial charge in [-0.3, -0.25) is 0 Å². The van der Waals surface area contributed by atoms with Gasteiger partial charge in [-0.25, -0.2) is 14.4 Å². The molecule has 0 atom stereocenters. The van der Waals surface area contributed by atoms with E-state index in [0.29, 0.717) is 70.0 Å². The molecule has 6 aromatic rings. The van der Waals surface area contributed by atoms with Crippen molar-refractivity contribution >= 4 is 164 Å². The van der Waals surface area contributed by atoms with Crippen molar-refractivity contribution in [3.63, 3.8) is 0 Å². The fourth-order valence-corrected chi connectivity index (χ4v) is 30.7. The average Bonchev–Trinajstić information content (AvgIpc) is 0.862. The lowest BCUT2D eigenvalue weighted by Gasteiger charge is -2.60. The minimum atomic E-state index is -1.05. The third-order valence-electron chi connectivity index (χ3n) is 25.4. The number of fused-ring (bicyclic) bond motifs is 3. The van der Waals surface area contributed by atoms with Gasteiger partial charge < -0.3 is 42.6 Å². The van der Waals surface area contributed by atoms with Gasteiger partial charge in [0.15, 0.2) is 19.8 Å². The molecule has 19 heteroatoms. The molecular weight excluding hydrogens is 1960 g/mol. The summed E-state index contributed by atoms with van der Waals surface area (Å²) < 4.78 is 65.2. The lowest BCUT2D eigenvalue weighted by molar-refractivity contribution is -0.212. The van der Waals surface area contributed by atoms with Crippen molar-refractivity contribution in [1.82, 2.24) is 0 Å². The highest BCUT2D eigenvalue weighted by atomic mass is 127. The monoisotopic (exact) mass is 2040 g/mol. The Labute approximate surface area is 672 Å². The fraction of sp³-hybridized carbons (Fsp3) is 0.519. The van der Waals surface area contributed by atoms with Crippen LogP contribution >= 0.6 is 146 Å². The first kappa shape index (κ1) is 71.5. The molecule has 19 rings (SSSR count). The van der Waals surface area contributed by atoms with Crippen LogP contribution in [0.15, 0.2) is 112 Å². The number of carbonyl (C=O) groups is 3. The maximum Gasteiger partial charge on any atom is 0.344 e. The topological polar surface area (TPSA) is 134 Å². The lowest BCUT2D eigenvalue weighted by Crippen LogP contribution is -2.59. The third kappa shape index (κ3) is 13.8. The minimum Gasteiger partial charge on any atom is -0.489 e. The summed E-state index contributed by atoms with van der Waals surface area (Å²) >= 11 is 13.9. The van der Waals surface area contributed by atoms with Gasteiger partial charge in [0, 0.05) is 37.2 Å². The molecule has 0 amide bonds. The highest BCUT2D eigenvalue weighted by molar-refractivity contribution is 14.1. The summed E-state index contributed by atoms with van der Waals surface area (Å²) in [6, 6.07) is 33.7. The predicted octanol–water partition coefficient (Wildman–Crippen LogP) is 21.1. The largest absolute Gasteiger partial charge is 0.489 e. The van der Waals surface area contributed by atoms with Crippen molar-refractivity contribution in [3.05, 3.63) is 135 Å². The van der Waals surface area contributed by atoms with Gasteiger partial charge in [-0.1, -0.05) is 20.8 Å². The van der Waals surface area contributed by atoms with Gasteiger partial charge in [-0.2, -0.15) is 10.9 Å². The van der Waals surface area contributed by atoms with Crippen LogP contribution in [0.4, 0.5) is 0 Å². The smallest absolute Gasteiger partial charge is 0.344 e. The molecule has 12 aliphatic carbocycles. The van der Waals surface area contributed by atoms with Crippen LogP contribution in [-0.2, 0) is 48.4 Å². The van der Waals surface area contributed by atoms with Crippen molar-refractivity contribution in [2.45, 2.75) is 188 Å². The highest BCUT2D eigenvalue weighted by Crippen LogP contribution is 2.66. The number of hydrogen-bond acceptors (Lipinski definition) is 12. The third-order valence-corrected chi connectivity index (χ3v) is 32.2. The molecule has 13 aliphatic rings. The molecule has 100 heavy (non-hydrogen) atoms. The van der Waals surface area contributed by atoms with Crippen LogP contribution < -0.4 is 28.4 Å². The molecule has 530 valence electrons. The molecule has 12 nitrogen and oxygen atoms in total. The summed E-state index contributed by atoms with van der Waals surface area (Å²) in [7, 11) is -1.05. The fourth-order valence-electron chi connectivity index (χ4n) is 21.8. The van der Waals surface area contributed by atoms with Gasteiger partial charge in [-0.05, 0) is 435 Å². The molecule has 6 aromatic carbocycles. The maximum atomic E-state index is 13.9. The van der Waals surface area contributed by atoms with Crippen molar-refractivity contribution in [3.8, 4) is 45.6 Å². The zero-order valence-electron chi connectivity index (χ0n) is 56.8. The summed E-state index contributed by atoms with van der Waals surface area (Å²) in [6.45, 7) is 6.80. The molecule has 0 spiro atoms. The van der Waals surface area contributed by atoms with E-state index in [1.54, 1.807) is 0 Å². The Morgan fingerprint density at radius 1 is 0.360 bits per heavy atom. The summed E-state index contributed by atoms with van der Waals surface area (Å²) in [6.07, 6.45) is 20.6. The first-order valence-corrected chi connectivity index (χ1v) is 44.2. The maximum absolute atomic E-state index is 13.9. The number of hydrogen-bond donors (Lipinski definition) is 1. The number of esters is 3. The summed E-state index contributed by atoms with van der Waals surface area (Å²) in [5.41, 5.74) is 3.50. The van der Waals surface area contributed by atoms with Gasteiger partial charge in [0.2, 0.25) is 0 Å². The normalized spacial score (nSPS) is 31.3. The van der Waals surface area contributed by atoms with Crippen LogP contribution in [0.1, 0.15) is 153 Å². The molecule has 0 unspecified atom stereocenters. The number of thiol groups is 1. The molecular formula is C81H86I6O12S. The van der Waals surface area contributed by atoms with Crippen molar-refractivity contribution in [2.75, 3.05) is 19.8 Å². The molecule has 0 N–H and O–H groups in total. The van der Waals surface area contributed by atoms with Crippen LogP contribution in [0.5, 0.6) is 34.5 Å². The Balaban J connectivity index is 0.633. The number of halogens is 6. The second kappa shape index (κ2) is 29.4. The zero-order chi connectivity index (χ0) is 68.9. The predicted molar refractivity (Wildman–Crippen MR) is 436 cm³/mol. The summed E-state index contributed by atoms with van der Waals surface area (Å²) in [5, 5.41) is 0. The van der Waals surface area contributed by atoms with E-state index in [4.69, 9.17) is 42.6 Å². The highest BCUT2D eigenvalue weighted by Gasteiger charge is 2.61. The molecule has 1 aliphatic heterocycles. The van der Waals surface area contributed by atoms with Gasteiger partial charge in [0.1, 0.15) is 71.1 Å². The van der Waals surface area contributed by atoms with Crippen molar-refractivity contribution in [2.24, 2.45) is 71.0 Å².